The number of carbonyl (C=O) groups excluding carboxylic acids is 1. The smallest absolute Gasteiger partial charge is 0.293 e. The molecule has 1 heterocycles. The molecule has 1 atom stereocenters. The molecule has 6 heteroatoms. The van der Waals surface area contributed by atoms with E-state index in [1.54, 1.807) is 11.9 Å². The van der Waals surface area contributed by atoms with Gasteiger partial charge in [-0.3, -0.25) is 9.89 Å². The molecule has 1 saturated carbocycles. The van der Waals surface area contributed by atoms with Gasteiger partial charge in [0, 0.05) is 18.0 Å². The van der Waals surface area contributed by atoms with Crippen molar-refractivity contribution >= 4 is 17.5 Å². The summed E-state index contributed by atoms with van der Waals surface area (Å²) in [5.74, 6) is 1.34. The predicted molar refractivity (Wildman–Crippen MR) is 80.3 cm³/mol. The summed E-state index contributed by atoms with van der Waals surface area (Å²) in [6.45, 7) is 1.97. The van der Waals surface area contributed by atoms with Crippen LogP contribution in [0.2, 0.25) is 5.02 Å². The van der Waals surface area contributed by atoms with E-state index in [2.05, 4.69) is 15.2 Å². The van der Waals surface area contributed by atoms with Crippen LogP contribution < -0.4 is 0 Å². The molecule has 0 saturated heterocycles. The van der Waals surface area contributed by atoms with Crippen molar-refractivity contribution in [1.82, 2.24) is 20.1 Å². The Morgan fingerprint density at radius 2 is 2.05 bits per heavy atom. The van der Waals surface area contributed by atoms with Crippen LogP contribution in [0.25, 0.3) is 0 Å². The monoisotopic (exact) mass is 304 g/mol. The van der Waals surface area contributed by atoms with E-state index < -0.39 is 0 Å². The Labute approximate surface area is 128 Å². The van der Waals surface area contributed by atoms with Gasteiger partial charge >= 0.3 is 0 Å². The second kappa shape index (κ2) is 5.48. The van der Waals surface area contributed by atoms with Crippen LogP contribution >= 0.6 is 11.6 Å². The Bertz CT molecular complexity index is 648. The third-order valence-electron chi connectivity index (χ3n) is 3.91. The molecule has 1 fully saturated rings. The first-order valence-corrected chi connectivity index (χ1v) is 7.39. The Balaban J connectivity index is 1.74. The number of halogens is 1. The largest absolute Gasteiger partial charge is 0.332 e. The highest BCUT2D eigenvalue weighted by molar-refractivity contribution is 6.30. The fourth-order valence-corrected chi connectivity index (χ4v) is 2.33. The number of aromatic nitrogens is 3. The highest BCUT2D eigenvalue weighted by Crippen LogP contribution is 2.37. The van der Waals surface area contributed by atoms with Crippen LogP contribution in [0.5, 0.6) is 0 Å². The molecule has 21 heavy (non-hydrogen) atoms. The van der Waals surface area contributed by atoms with Crippen LogP contribution in [0.4, 0.5) is 0 Å². The summed E-state index contributed by atoms with van der Waals surface area (Å²) in [6, 6.07) is 7.42. The topological polar surface area (TPSA) is 61.9 Å². The van der Waals surface area contributed by atoms with Crippen molar-refractivity contribution in [2.45, 2.75) is 31.7 Å². The standard InChI is InChI=1S/C15H17ClN4O/c1-9(10-5-7-12(16)8-6-10)20(2)15(21)14-17-13(18-19-14)11-3-4-11/h5-9,11H,3-4H2,1-2H3,(H,17,18,19). The van der Waals surface area contributed by atoms with Crippen molar-refractivity contribution in [2.24, 2.45) is 0 Å². The summed E-state index contributed by atoms with van der Waals surface area (Å²) in [5, 5.41) is 7.59. The van der Waals surface area contributed by atoms with Crippen LogP contribution in [0.15, 0.2) is 24.3 Å². The van der Waals surface area contributed by atoms with Crippen LogP contribution in [0, 0.1) is 0 Å². The van der Waals surface area contributed by atoms with Crippen molar-refractivity contribution in [3.05, 3.63) is 46.5 Å². The Morgan fingerprint density at radius 3 is 2.67 bits per heavy atom. The maximum absolute atomic E-state index is 12.4. The molecular weight excluding hydrogens is 288 g/mol. The summed E-state index contributed by atoms with van der Waals surface area (Å²) < 4.78 is 0. The van der Waals surface area contributed by atoms with Gasteiger partial charge < -0.3 is 4.90 Å². The van der Waals surface area contributed by atoms with Gasteiger partial charge in [0.15, 0.2) is 0 Å². The van der Waals surface area contributed by atoms with Crippen LogP contribution in [0.3, 0.4) is 0 Å². The fraction of sp³-hybridized carbons (Fsp3) is 0.400. The first-order valence-electron chi connectivity index (χ1n) is 7.01. The molecule has 1 N–H and O–H groups in total. The molecular formula is C15H17ClN4O. The maximum atomic E-state index is 12.4. The zero-order valence-electron chi connectivity index (χ0n) is 12.0. The van der Waals surface area contributed by atoms with E-state index in [1.807, 2.05) is 31.2 Å². The van der Waals surface area contributed by atoms with Gasteiger partial charge in [0.05, 0.1) is 6.04 Å². The molecule has 2 aromatic rings. The lowest BCUT2D eigenvalue weighted by Gasteiger charge is -2.24. The van der Waals surface area contributed by atoms with E-state index in [4.69, 9.17) is 11.6 Å². The van der Waals surface area contributed by atoms with Crippen molar-refractivity contribution in [3.63, 3.8) is 0 Å². The Kier molecular flexibility index (Phi) is 3.68. The lowest BCUT2D eigenvalue weighted by atomic mass is 10.1. The molecule has 1 unspecified atom stereocenters. The number of hydrogen-bond donors (Lipinski definition) is 1. The normalized spacial score (nSPS) is 15.8. The van der Waals surface area contributed by atoms with Gasteiger partial charge in [-0.25, -0.2) is 4.98 Å². The molecule has 5 nitrogen and oxygen atoms in total. The highest BCUT2D eigenvalue weighted by atomic mass is 35.5. The molecule has 1 aromatic carbocycles. The number of nitrogens with zero attached hydrogens (tertiary/aromatic N) is 3. The van der Waals surface area contributed by atoms with Crippen LogP contribution in [-0.2, 0) is 0 Å². The minimum Gasteiger partial charge on any atom is -0.332 e. The summed E-state index contributed by atoms with van der Waals surface area (Å²) in [7, 11) is 1.76. The van der Waals surface area contributed by atoms with E-state index in [1.165, 1.54) is 0 Å². The van der Waals surface area contributed by atoms with Gasteiger partial charge in [-0.05, 0) is 37.5 Å². The highest BCUT2D eigenvalue weighted by Gasteiger charge is 2.29. The van der Waals surface area contributed by atoms with E-state index in [0.29, 0.717) is 10.9 Å². The van der Waals surface area contributed by atoms with Crippen molar-refractivity contribution in [3.8, 4) is 0 Å². The van der Waals surface area contributed by atoms with Crippen LogP contribution in [-0.4, -0.2) is 33.0 Å². The van der Waals surface area contributed by atoms with Gasteiger partial charge in [-0.1, -0.05) is 23.7 Å². The molecule has 1 aromatic heterocycles. The lowest BCUT2D eigenvalue weighted by molar-refractivity contribution is 0.0730. The second-order valence-electron chi connectivity index (χ2n) is 5.46. The van der Waals surface area contributed by atoms with E-state index in [9.17, 15) is 4.79 Å². The number of aromatic amines is 1. The van der Waals surface area contributed by atoms with Gasteiger partial charge in [0.25, 0.3) is 5.91 Å². The van der Waals surface area contributed by atoms with E-state index >= 15 is 0 Å². The molecule has 0 bridgehead atoms. The number of benzene rings is 1. The SMILES string of the molecule is CC(c1ccc(Cl)cc1)N(C)C(=O)c1n[nH]c(C2CC2)n1. The Hall–Kier alpha value is -1.88. The minimum atomic E-state index is -0.180. The van der Waals surface area contributed by atoms with Crippen molar-refractivity contribution < 1.29 is 4.79 Å². The number of rotatable bonds is 4. The number of nitrogens with one attached hydrogen (secondary N) is 1. The van der Waals surface area contributed by atoms with E-state index in [-0.39, 0.29) is 17.8 Å². The molecule has 3 rings (SSSR count). The predicted octanol–water partition coefficient (Wildman–Crippen LogP) is 3.17. The average Bonchev–Trinajstić information content (AvgIpc) is 3.23. The molecule has 0 aliphatic heterocycles. The van der Waals surface area contributed by atoms with Crippen LogP contribution in [0.1, 0.15) is 53.7 Å². The quantitative estimate of drug-likeness (QED) is 0.943. The molecule has 1 aliphatic carbocycles. The van der Waals surface area contributed by atoms with Gasteiger partial charge in [0.2, 0.25) is 5.82 Å². The summed E-state index contributed by atoms with van der Waals surface area (Å²) in [5.41, 5.74) is 1.02. The zero-order valence-corrected chi connectivity index (χ0v) is 12.8. The lowest BCUT2D eigenvalue weighted by Crippen LogP contribution is -2.30. The number of carbonyl (C=O) groups is 1. The third-order valence-corrected chi connectivity index (χ3v) is 4.16. The Morgan fingerprint density at radius 1 is 1.38 bits per heavy atom. The molecule has 110 valence electrons. The second-order valence-corrected chi connectivity index (χ2v) is 5.90. The number of amides is 1. The molecule has 0 radical (unpaired) electrons. The number of hydrogen-bond acceptors (Lipinski definition) is 3. The van der Waals surface area contributed by atoms with Gasteiger partial charge in [-0.2, -0.15) is 0 Å². The first-order chi connectivity index (χ1) is 10.1. The fourth-order valence-electron chi connectivity index (χ4n) is 2.21. The maximum Gasteiger partial charge on any atom is 0.293 e. The van der Waals surface area contributed by atoms with E-state index in [0.717, 1.165) is 24.2 Å². The van der Waals surface area contributed by atoms with Gasteiger partial charge in [0.1, 0.15) is 5.82 Å². The van der Waals surface area contributed by atoms with Crippen molar-refractivity contribution in [2.75, 3.05) is 7.05 Å². The third kappa shape index (κ3) is 2.93. The summed E-state index contributed by atoms with van der Waals surface area (Å²) in [6.07, 6.45) is 2.25. The molecule has 1 aliphatic rings. The molecule has 0 spiro atoms. The minimum absolute atomic E-state index is 0.0716. The molecule has 1 amide bonds. The summed E-state index contributed by atoms with van der Waals surface area (Å²) in [4.78, 5) is 18.4. The number of H-pyrrole nitrogens is 1. The van der Waals surface area contributed by atoms with Gasteiger partial charge in [-0.15, -0.1) is 5.10 Å². The average molecular weight is 305 g/mol. The van der Waals surface area contributed by atoms with Crippen molar-refractivity contribution in [1.29, 1.82) is 0 Å². The zero-order chi connectivity index (χ0) is 15.0. The first kappa shape index (κ1) is 14.1. The summed E-state index contributed by atoms with van der Waals surface area (Å²) >= 11 is 5.89.